The predicted molar refractivity (Wildman–Crippen MR) is 68.1 cm³/mol. The molecule has 1 aromatic carbocycles. The van der Waals surface area contributed by atoms with Crippen LogP contribution in [-0.2, 0) is 0 Å². The first-order valence-electron chi connectivity index (χ1n) is 5.16. The lowest BCUT2D eigenvalue weighted by Gasteiger charge is -1.99. The maximum Gasteiger partial charge on any atom is 0.146 e. The van der Waals surface area contributed by atoms with Gasteiger partial charge in [-0.2, -0.15) is 0 Å². The van der Waals surface area contributed by atoms with Gasteiger partial charge in [0.15, 0.2) is 0 Å². The van der Waals surface area contributed by atoms with Crippen molar-refractivity contribution in [3.8, 4) is 0 Å². The highest BCUT2D eigenvalue weighted by Crippen LogP contribution is 2.26. The summed E-state index contributed by atoms with van der Waals surface area (Å²) in [5, 5.41) is 4.54. The molecule has 0 spiro atoms. The molecule has 0 bridgehead atoms. The molecule has 2 nitrogen and oxygen atoms in total. The number of benzene rings is 1. The number of aromatic nitrogens is 2. The van der Waals surface area contributed by atoms with Gasteiger partial charge >= 0.3 is 0 Å². The minimum absolute atomic E-state index is 1.06. The monoisotopic (exact) mass is 224 g/mol. The Bertz CT molecular complexity index is 804. The van der Waals surface area contributed by atoms with Gasteiger partial charge in [0.25, 0.3) is 0 Å². The van der Waals surface area contributed by atoms with Gasteiger partial charge in [0.05, 0.1) is 5.52 Å². The Hall–Kier alpha value is -1.87. The molecule has 3 heterocycles. The normalized spacial score (nSPS) is 11.8. The molecule has 0 atom stereocenters. The van der Waals surface area contributed by atoms with E-state index in [0.29, 0.717) is 0 Å². The van der Waals surface area contributed by atoms with Gasteiger partial charge < -0.3 is 0 Å². The molecule has 16 heavy (non-hydrogen) atoms. The van der Waals surface area contributed by atoms with Crippen LogP contribution in [0.2, 0.25) is 0 Å². The Balaban J connectivity index is 2.36. The van der Waals surface area contributed by atoms with Crippen molar-refractivity contribution in [3.05, 3.63) is 48.0 Å². The highest BCUT2D eigenvalue weighted by atomic mass is 32.1. The molecule has 0 fully saturated rings. The van der Waals surface area contributed by atoms with Crippen LogP contribution < -0.4 is 0 Å². The third-order valence-corrected chi connectivity index (χ3v) is 3.72. The summed E-state index contributed by atoms with van der Waals surface area (Å²) in [4.78, 5) is 5.79. The summed E-state index contributed by atoms with van der Waals surface area (Å²) in [6.45, 7) is 0. The topological polar surface area (TPSA) is 17.3 Å². The quantitative estimate of drug-likeness (QED) is 0.445. The van der Waals surface area contributed by atoms with Crippen LogP contribution in [0.3, 0.4) is 0 Å². The van der Waals surface area contributed by atoms with Gasteiger partial charge in [0.1, 0.15) is 10.5 Å². The van der Waals surface area contributed by atoms with E-state index in [2.05, 4.69) is 57.4 Å². The predicted octanol–water partition coefficient (Wildman–Crippen LogP) is 3.70. The van der Waals surface area contributed by atoms with E-state index >= 15 is 0 Å². The van der Waals surface area contributed by atoms with Crippen molar-refractivity contribution in [2.75, 3.05) is 0 Å². The summed E-state index contributed by atoms with van der Waals surface area (Å²) in [5.74, 6) is 0. The molecule has 3 heteroatoms. The zero-order chi connectivity index (χ0) is 10.5. The Morgan fingerprint density at radius 3 is 3.00 bits per heavy atom. The largest absolute Gasteiger partial charge is 0.298 e. The first-order valence-corrected chi connectivity index (χ1v) is 6.04. The zero-order valence-electron chi connectivity index (χ0n) is 8.42. The third kappa shape index (κ3) is 0.933. The smallest absolute Gasteiger partial charge is 0.146 e. The summed E-state index contributed by atoms with van der Waals surface area (Å²) in [7, 11) is 0. The summed E-state index contributed by atoms with van der Waals surface area (Å²) >= 11 is 1.69. The van der Waals surface area contributed by atoms with Crippen molar-refractivity contribution in [2.24, 2.45) is 0 Å². The van der Waals surface area contributed by atoms with Gasteiger partial charge in [0, 0.05) is 11.6 Å². The maximum atomic E-state index is 4.68. The van der Waals surface area contributed by atoms with Crippen molar-refractivity contribution < 1.29 is 0 Å². The second-order valence-corrected chi connectivity index (χ2v) is 4.71. The van der Waals surface area contributed by atoms with Crippen LogP contribution in [0.15, 0.2) is 48.0 Å². The summed E-state index contributed by atoms with van der Waals surface area (Å²) in [5.41, 5.74) is 2.26. The molecule has 0 saturated heterocycles. The van der Waals surface area contributed by atoms with Crippen LogP contribution in [0.25, 0.3) is 26.8 Å². The van der Waals surface area contributed by atoms with Crippen molar-refractivity contribution in [1.29, 1.82) is 0 Å². The molecule has 0 aliphatic rings. The summed E-state index contributed by atoms with van der Waals surface area (Å²) in [6, 6.07) is 12.6. The number of fused-ring (bicyclic) bond motifs is 5. The molecular formula is C13H8N2S. The Labute approximate surface area is 95.8 Å². The van der Waals surface area contributed by atoms with E-state index in [-0.39, 0.29) is 0 Å². The highest BCUT2D eigenvalue weighted by Gasteiger charge is 2.07. The molecule has 76 valence electrons. The highest BCUT2D eigenvalue weighted by molar-refractivity contribution is 7.16. The standard InChI is InChI=1S/C13H8N2S/c1-2-4-10-9(3-1)5-7-15-11-6-8-16-13(11)14-12(10)15/h1-8H. The minimum atomic E-state index is 1.06. The van der Waals surface area contributed by atoms with E-state index in [1.807, 2.05) is 0 Å². The number of thiophene rings is 1. The average Bonchev–Trinajstić information content (AvgIpc) is 2.88. The molecule has 0 N–H and O–H groups in total. The van der Waals surface area contributed by atoms with E-state index in [1.165, 1.54) is 16.3 Å². The van der Waals surface area contributed by atoms with Gasteiger partial charge in [-0.15, -0.1) is 11.3 Å². The molecule has 0 aliphatic heterocycles. The van der Waals surface area contributed by atoms with Crippen molar-refractivity contribution in [1.82, 2.24) is 9.38 Å². The van der Waals surface area contributed by atoms with Crippen molar-refractivity contribution in [3.63, 3.8) is 0 Å². The van der Waals surface area contributed by atoms with Crippen LogP contribution in [0.1, 0.15) is 0 Å². The van der Waals surface area contributed by atoms with Gasteiger partial charge in [-0.3, -0.25) is 4.40 Å². The summed E-state index contributed by atoms with van der Waals surface area (Å²) in [6.07, 6.45) is 2.10. The number of nitrogens with zero attached hydrogens (tertiary/aromatic N) is 2. The second kappa shape index (κ2) is 2.83. The molecular weight excluding hydrogens is 216 g/mol. The first-order chi connectivity index (χ1) is 7.93. The van der Waals surface area contributed by atoms with Gasteiger partial charge in [-0.1, -0.05) is 24.3 Å². The van der Waals surface area contributed by atoms with Crippen LogP contribution >= 0.6 is 11.3 Å². The number of imidazole rings is 1. The first kappa shape index (κ1) is 8.30. The Kier molecular flexibility index (Phi) is 1.47. The van der Waals surface area contributed by atoms with Crippen molar-refractivity contribution in [2.45, 2.75) is 0 Å². The number of hydrogen-bond donors (Lipinski definition) is 0. The molecule has 4 aromatic rings. The molecule has 4 rings (SSSR count). The number of pyridine rings is 1. The fourth-order valence-corrected chi connectivity index (χ4v) is 2.92. The molecule has 3 aromatic heterocycles. The van der Waals surface area contributed by atoms with Gasteiger partial charge in [-0.25, -0.2) is 4.98 Å². The number of hydrogen-bond acceptors (Lipinski definition) is 2. The SMILES string of the molecule is c1ccc2c(c1)ccn1c3ccsc3nc21. The third-order valence-electron chi connectivity index (χ3n) is 2.92. The van der Waals surface area contributed by atoms with Crippen LogP contribution in [0.5, 0.6) is 0 Å². The second-order valence-electron chi connectivity index (χ2n) is 3.82. The molecule has 0 unspecified atom stereocenters. The van der Waals surface area contributed by atoms with Crippen LogP contribution in [0.4, 0.5) is 0 Å². The molecule has 0 radical (unpaired) electrons. The lowest BCUT2D eigenvalue weighted by Crippen LogP contribution is -1.84. The lowest BCUT2D eigenvalue weighted by atomic mass is 10.2. The van der Waals surface area contributed by atoms with Gasteiger partial charge in [-0.05, 0) is 22.9 Å². The lowest BCUT2D eigenvalue weighted by molar-refractivity contribution is 1.25. The fourth-order valence-electron chi connectivity index (χ4n) is 2.17. The van der Waals surface area contributed by atoms with Gasteiger partial charge in [0.2, 0.25) is 0 Å². The fraction of sp³-hybridized carbons (Fsp3) is 0. The molecule has 0 amide bonds. The summed E-state index contributed by atoms with van der Waals surface area (Å²) < 4.78 is 2.16. The van der Waals surface area contributed by atoms with Crippen LogP contribution in [0, 0.1) is 0 Å². The average molecular weight is 224 g/mol. The van der Waals surface area contributed by atoms with Crippen LogP contribution in [-0.4, -0.2) is 9.38 Å². The van der Waals surface area contributed by atoms with E-state index in [0.717, 1.165) is 10.5 Å². The van der Waals surface area contributed by atoms with Crippen molar-refractivity contribution >= 4 is 38.1 Å². The number of rotatable bonds is 0. The maximum absolute atomic E-state index is 4.68. The van der Waals surface area contributed by atoms with E-state index < -0.39 is 0 Å². The molecule has 0 aliphatic carbocycles. The molecule has 0 saturated carbocycles. The van der Waals surface area contributed by atoms with E-state index in [1.54, 1.807) is 11.3 Å². The zero-order valence-corrected chi connectivity index (χ0v) is 9.24. The van der Waals surface area contributed by atoms with E-state index in [9.17, 15) is 0 Å². The van der Waals surface area contributed by atoms with E-state index in [4.69, 9.17) is 0 Å². The Morgan fingerprint density at radius 1 is 1.06 bits per heavy atom. The Morgan fingerprint density at radius 2 is 2.00 bits per heavy atom. The minimum Gasteiger partial charge on any atom is -0.298 e.